The van der Waals surface area contributed by atoms with Crippen molar-refractivity contribution in [2.75, 3.05) is 6.26 Å². The van der Waals surface area contributed by atoms with Crippen molar-refractivity contribution in [1.82, 2.24) is 10.2 Å². The molecule has 18 heavy (non-hydrogen) atoms. The number of benzene rings is 1. The van der Waals surface area contributed by atoms with Crippen LogP contribution in [0.15, 0.2) is 29.3 Å². The standard InChI is InChI=1S/C15H16N2S/c1-10-6-7-11-4-3-5-12-9-14(18-2)16-17-15(12)13(11)8-10/h6-9H,3-5H2,1-2H3. The number of aryl methyl sites for hydroxylation is 3. The van der Waals surface area contributed by atoms with Gasteiger partial charge in [-0.25, -0.2) is 0 Å². The molecule has 0 unspecified atom stereocenters. The van der Waals surface area contributed by atoms with Gasteiger partial charge in [-0.1, -0.05) is 17.7 Å². The lowest BCUT2D eigenvalue weighted by Gasteiger charge is -2.09. The molecule has 2 aromatic rings. The van der Waals surface area contributed by atoms with E-state index in [0.29, 0.717) is 0 Å². The summed E-state index contributed by atoms with van der Waals surface area (Å²) >= 11 is 1.66. The molecule has 0 amide bonds. The van der Waals surface area contributed by atoms with Gasteiger partial charge >= 0.3 is 0 Å². The first kappa shape index (κ1) is 11.7. The van der Waals surface area contributed by atoms with Gasteiger partial charge in [-0.2, -0.15) is 0 Å². The number of hydrogen-bond acceptors (Lipinski definition) is 3. The normalized spacial score (nSPS) is 13.7. The maximum absolute atomic E-state index is 4.46. The van der Waals surface area contributed by atoms with Crippen LogP contribution in [-0.4, -0.2) is 16.5 Å². The fourth-order valence-corrected chi connectivity index (χ4v) is 2.91. The van der Waals surface area contributed by atoms with Crippen LogP contribution in [0.2, 0.25) is 0 Å². The van der Waals surface area contributed by atoms with Crippen molar-refractivity contribution in [2.45, 2.75) is 31.2 Å². The molecule has 1 heterocycles. The molecule has 0 N–H and O–H groups in total. The van der Waals surface area contributed by atoms with Crippen LogP contribution in [0.3, 0.4) is 0 Å². The molecule has 3 heteroatoms. The Morgan fingerprint density at radius 3 is 2.72 bits per heavy atom. The Morgan fingerprint density at radius 2 is 1.89 bits per heavy atom. The Kier molecular flexibility index (Phi) is 3.08. The van der Waals surface area contributed by atoms with Gasteiger partial charge in [-0.15, -0.1) is 22.0 Å². The zero-order valence-corrected chi connectivity index (χ0v) is 11.5. The van der Waals surface area contributed by atoms with Gasteiger partial charge in [0.15, 0.2) is 0 Å². The molecular weight excluding hydrogens is 240 g/mol. The second-order valence-electron chi connectivity index (χ2n) is 4.77. The molecule has 0 spiro atoms. The highest BCUT2D eigenvalue weighted by molar-refractivity contribution is 7.98. The van der Waals surface area contributed by atoms with Crippen molar-refractivity contribution in [3.63, 3.8) is 0 Å². The Balaban J connectivity index is 2.20. The van der Waals surface area contributed by atoms with E-state index < -0.39 is 0 Å². The molecule has 92 valence electrons. The summed E-state index contributed by atoms with van der Waals surface area (Å²) in [6.45, 7) is 2.13. The largest absolute Gasteiger partial charge is 0.149 e. The molecule has 0 aliphatic heterocycles. The summed E-state index contributed by atoms with van der Waals surface area (Å²) in [5.74, 6) is 0. The molecule has 0 saturated carbocycles. The van der Waals surface area contributed by atoms with Gasteiger partial charge in [-0.3, -0.25) is 0 Å². The molecule has 2 nitrogen and oxygen atoms in total. The smallest absolute Gasteiger partial charge is 0.119 e. The van der Waals surface area contributed by atoms with Crippen molar-refractivity contribution < 1.29 is 0 Å². The average molecular weight is 256 g/mol. The quantitative estimate of drug-likeness (QED) is 0.728. The average Bonchev–Trinajstić information content (AvgIpc) is 2.57. The molecule has 0 atom stereocenters. The van der Waals surface area contributed by atoms with E-state index in [9.17, 15) is 0 Å². The second-order valence-corrected chi connectivity index (χ2v) is 5.60. The first-order valence-corrected chi connectivity index (χ1v) is 7.51. The molecule has 1 aromatic heterocycles. The van der Waals surface area contributed by atoms with Gasteiger partial charge in [-0.05, 0) is 55.7 Å². The van der Waals surface area contributed by atoms with Gasteiger partial charge in [0.2, 0.25) is 0 Å². The van der Waals surface area contributed by atoms with Crippen LogP contribution >= 0.6 is 11.8 Å². The lowest BCUT2D eigenvalue weighted by Crippen LogP contribution is -1.96. The third-order valence-corrected chi connectivity index (χ3v) is 4.09. The minimum absolute atomic E-state index is 1.02. The third kappa shape index (κ3) is 2.03. The molecular formula is C15H16N2S. The maximum atomic E-state index is 4.46. The molecule has 1 aliphatic rings. The van der Waals surface area contributed by atoms with Crippen molar-refractivity contribution in [3.8, 4) is 11.3 Å². The molecule has 1 aromatic carbocycles. The first-order valence-electron chi connectivity index (χ1n) is 6.28. The molecule has 1 aliphatic carbocycles. The summed E-state index contributed by atoms with van der Waals surface area (Å²) in [5, 5.41) is 9.77. The topological polar surface area (TPSA) is 25.8 Å². The van der Waals surface area contributed by atoms with Gasteiger partial charge in [0.05, 0.1) is 5.69 Å². The van der Waals surface area contributed by atoms with Crippen LogP contribution in [-0.2, 0) is 12.8 Å². The van der Waals surface area contributed by atoms with E-state index in [1.807, 2.05) is 6.26 Å². The Hall–Kier alpha value is -1.35. The van der Waals surface area contributed by atoms with E-state index in [-0.39, 0.29) is 0 Å². The maximum Gasteiger partial charge on any atom is 0.119 e. The predicted molar refractivity (Wildman–Crippen MR) is 76.0 cm³/mol. The Morgan fingerprint density at radius 1 is 1.06 bits per heavy atom. The fraction of sp³-hybridized carbons (Fsp3) is 0.333. The lowest BCUT2D eigenvalue weighted by molar-refractivity contribution is 0.819. The van der Waals surface area contributed by atoms with Crippen LogP contribution in [0.25, 0.3) is 11.3 Å². The molecule has 0 fully saturated rings. The number of hydrogen-bond donors (Lipinski definition) is 0. The van der Waals surface area contributed by atoms with Crippen LogP contribution in [0.1, 0.15) is 23.1 Å². The van der Waals surface area contributed by atoms with E-state index in [1.165, 1.54) is 28.7 Å². The van der Waals surface area contributed by atoms with E-state index in [1.54, 1.807) is 11.8 Å². The Labute approximate surface area is 112 Å². The number of rotatable bonds is 1. The number of fused-ring (bicyclic) bond motifs is 3. The highest BCUT2D eigenvalue weighted by Crippen LogP contribution is 2.32. The Bertz CT molecular complexity index is 593. The third-order valence-electron chi connectivity index (χ3n) is 3.47. The van der Waals surface area contributed by atoms with Crippen LogP contribution < -0.4 is 0 Å². The van der Waals surface area contributed by atoms with Crippen LogP contribution in [0.5, 0.6) is 0 Å². The van der Waals surface area contributed by atoms with Crippen LogP contribution in [0, 0.1) is 6.92 Å². The second kappa shape index (κ2) is 4.73. The summed E-state index contributed by atoms with van der Waals surface area (Å²) in [7, 11) is 0. The van der Waals surface area contributed by atoms with Crippen LogP contribution in [0.4, 0.5) is 0 Å². The zero-order valence-electron chi connectivity index (χ0n) is 10.7. The molecule has 0 radical (unpaired) electrons. The van der Waals surface area contributed by atoms with Gasteiger partial charge < -0.3 is 0 Å². The monoisotopic (exact) mass is 256 g/mol. The minimum atomic E-state index is 1.02. The van der Waals surface area contributed by atoms with E-state index >= 15 is 0 Å². The highest BCUT2D eigenvalue weighted by atomic mass is 32.2. The van der Waals surface area contributed by atoms with E-state index in [0.717, 1.165) is 23.6 Å². The summed E-state index contributed by atoms with van der Waals surface area (Å²) in [4.78, 5) is 0. The van der Waals surface area contributed by atoms with Gasteiger partial charge in [0.25, 0.3) is 0 Å². The fourth-order valence-electron chi connectivity index (χ4n) is 2.52. The summed E-state index contributed by atoms with van der Waals surface area (Å²) in [5.41, 5.74) is 6.41. The van der Waals surface area contributed by atoms with Crippen molar-refractivity contribution in [1.29, 1.82) is 0 Å². The number of aromatic nitrogens is 2. The summed E-state index contributed by atoms with van der Waals surface area (Å²) < 4.78 is 0. The highest BCUT2D eigenvalue weighted by Gasteiger charge is 2.16. The SMILES string of the molecule is CSc1cc2c(nn1)-c1cc(C)ccc1CCC2. The van der Waals surface area contributed by atoms with Crippen molar-refractivity contribution in [3.05, 3.63) is 41.0 Å². The van der Waals surface area contributed by atoms with Gasteiger partial charge in [0, 0.05) is 5.56 Å². The molecule has 3 rings (SSSR count). The number of nitrogens with zero attached hydrogens (tertiary/aromatic N) is 2. The number of thioether (sulfide) groups is 1. The van der Waals surface area contributed by atoms with Crippen molar-refractivity contribution >= 4 is 11.8 Å². The zero-order chi connectivity index (χ0) is 12.5. The first-order chi connectivity index (χ1) is 8.78. The summed E-state index contributed by atoms with van der Waals surface area (Å²) in [6.07, 6.45) is 5.49. The summed E-state index contributed by atoms with van der Waals surface area (Å²) in [6, 6.07) is 8.87. The lowest BCUT2D eigenvalue weighted by atomic mass is 10.00. The van der Waals surface area contributed by atoms with E-state index in [2.05, 4.69) is 41.4 Å². The minimum Gasteiger partial charge on any atom is -0.149 e. The predicted octanol–water partition coefficient (Wildman–Crippen LogP) is 3.66. The molecule has 0 saturated heterocycles. The van der Waals surface area contributed by atoms with Gasteiger partial charge in [0.1, 0.15) is 5.03 Å². The molecule has 0 bridgehead atoms. The van der Waals surface area contributed by atoms with E-state index in [4.69, 9.17) is 0 Å². The van der Waals surface area contributed by atoms with Crippen molar-refractivity contribution in [2.24, 2.45) is 0 Å².